The van der Waals surface area contributed by atoms with Crippen LogP contribution in [-0.2, 0) is 38.2 Å². The number of aromatic amines is 1. The molecule has 52 heavy (non-hydrogen) atoms. The van der Waals surface area contributed by atoms with Crippen LogP contribution in [0.15, 0.2) is 120 Å². The highest BCUT2D eigenvalue weighted by Crippen LogP contribution is 2.23. The number of H-pyrrole nitrogens is 1. The second kappa shape index (κ2) is 15.5. The molecule has 6 aromatic rings. The molecule has 2 atom stereocenters. The quantitative estimate of drug-likeness (QED) is 0.143. The number of carbonyl (C=O) groups is 3. The first-order chi connectivity index (χ1) is 25.0. The molecule has 0 fully saturated rings. The van der Waals surface area contributed by atoms with Crippen LogP contribution in [0.1, 0.15) is 38.2 Å². The molecule has 3 amide bonds. The van der Waals surface area contributed by atoms with E-state index in [2.05, 4.69) is 20.2 Å². The van der Waals surface area contributed by atoms with Crippen molar-refractivity contribution in [3.8, 4) is 11.3 Å². The van der Waals surface area contributed by atoms with Crippen LogP contribution >= 0.6 is 0 Å². The summed E-state index contributed by atoms with van der Waals surface area (Å²) in [7, 11) is -2.59. The number of para-hydroxylation sites is 1. The van der Waals surface area contributed by atoms with Gasteiger partial charge in [0.1, 0.15) is 12.1 Å². The number of amides is 3. The van der Waals surface area contributed by atoms with Gasteiger partial charge in [-0.05, 0) is 48.7 Å². The van der Waals surface area contributed by atoms with E-state index in [1.165, 1.54) is 4.90 Å². The standard InChI is InChI=1S/C40H39N5O6S/c1-26-19-27(2)21-31(20-26)40(48)45(3)36(22-28-13-15-30(16-14-28)37-17-18-42-51-37)39(47)43-35(23-32-24-41-34-12-8-7-11-33(32)34)38(46)44-52(49,50)25-29-9-5-4-6-10-29/h4-21,24,35-36,41H,22-23,25H2,1-3H3,(H,43,47)(H,44,46)/t35-,36-/m0/s1. The third-order valence-corrected chi connectivity index (χ3v) is 10.1. The molecule has 11 nitrogen and oxygen atoms in total. The number of sulfonamides is 1. The van der Waals surface area contributed by atoms with E-state index < -0.39 is 39.7 Å². The van der Waals surface area contributed by atoms with E-state index >= 15 is 0 Å². The number of aromatic nitrogens is 2. The van der Waals surface area contributed by atoms with Gasteiger partial charge in [0.15, 0.2) is 5.76 Å². The average Bonchev–Trinajstić information content (AvgIpc) is 3.81. The predicted molar refractivity (Wildman–Crippen MR) is 199 cm³/mol. The molecule has 0 saturated heterocycles. The lowest BCUT2D eigenvalue weighted by Crippen LogP contribution is -2.56. The van der Waals surface area contributed by atoms with E-state index in [0.717, 1.165) is 33.2 Å². The van der Waals surface area contributed by atoms with Gasteiger partial charge in [0.2, 0.25) is 15.9 Å². The molecule has 0 saturated carbocycles. The highest BCUT2D eigenvalue weighted by molar-refractivity contribution is 7.89. The number of aryl methyl sites for hydroxylation is 2. The zero-order valence-corrected chi connectivity index (χ0v) is 29.8. The Bertz CT molecular complexity index is 2280. The predicted octanol–water partition coefficient (Wildman–Crippen LogP) is 5.50. The van der Waals surface area contributed by atoms with Crippen molar-refractivity contribution in [2.75, 3.05) is 7.05 Å². The van der Waals surface area contributed by atoms with E-state index in [9.17, 15) is 22.8 Å². The SMILES string of the molecule is Cc1cc(C)cc(C(=O)N(C)[C@@H](Cc2ccc(-c3ccno3)cc2)C(=O)N[C@@H](Cc2c[nH]c3ccccc23)C(=O)NS(=O)(=O)Cc2ccccc2)c1. The lowest BCUT2D eigenvalue weighted by atomic mass is 9.99. The fourth-order valence-corrected chi connectivity index (χ4v) is 7.45. The Morgan fingerprint density at radius 3 is 2.21 bits per heavy atom. The number of nitrogens with zero attached hydrogens (tertiary/aromatic N) is 2. The van der Waals surface area contributed by atoms with Gasteiger partial charge in [0, 0.05) is 54.2 Å². The van der Waals surface area contributed by atoms with Crippen LogP contribution < -0.4 is 10.0 Å². The first-order valence-electron chi connectivity index (χ1n) is 16.7. The molecular weight excluding hydrogens is 679 g/mol. The molecule has 266 valence electrons. The molecule has 2 aromatic heterocycles. The molecular formula is C40H39N5O6S. The van der Waals surface area contributed by atoms with Crippen LogP contribution in [0.25, 0.3) is 22.2 Å². The molecule has 0 aliphatic rings. The van der Waals surface area contributed by atoms with Crippen molar-refractivity contribution in [1.29, 1.82) is 0 Å². The average molecular weight is 718 g/mol. The fraction of sp³-hybridized carbons (Fsp3) is 0.200. The molecule has 0 radical (unpaired) electrons. The van der Waals surface area contributed by atoms with Gasteiger partial charge in [-0.1, -0.05) is 95.1 Å². The van der Waals surface area contributed by atoms with Crippen molar-refractivity contribution in [2.24, 2.45) is 0 Å². The van der Waals surface area contributed by atoms with Gasteiger partial charge in [0.25, 0.3) is 11.8 Å². The van der Waals surface area contributed by atoms with Crippen molar-refractivity contribution in [3.63, 3.8) is 0 Å². The van der Waals surface area contributed by atoms with Crippen LogP contribution in [-0.4, -0.2) is 60.3 Å². The first-order valence-corrected chi connectivity index (χ1v) is 18.4. The Morgan fingerprint density at radius 1 is 0.827 bits per heavy atom. The molecule has 2 heterocycles. The molecule has 6 rings (SSSR count). The fourth-order valence-electron chi connectivity index (χ4n) is 6.29. The van der Waals surface area contributed by atoms with Gasteiger partial charge in [-0.15, -0.1) is 0 Å². The molecule has 3 N–H and O–H groups in total. The Morgan fingerprint density at radius 2 is 1.52 bits per heavy atom. The number of benzene rings is 4. The second-order valence-corrected chi connectivity index (χ2v) is 14.6. The molecule has 4 aromatic carbocycles. The van der Waals surface area contributed by atoms with Gasteiger partial charge in [0.05, 0.1) is 11.9 Å². The highest BCUT2D eigenvalue weighted by atomic mass is 32.2. The minimum atomic E-state index is -4.14. The number of nitrogens with one attached hydrogen (secondary N) is 3. The Hall–Kier alpha value is -6.01. The smallest absolute Gasteiger partial charge is 0.256 e. The number of rotatable bonds is 13. The third-order valence-electron chi connectivity index (χ3n) is 8.85. The molecule has 0 aliphatic carbocycles. The van der Waals surface area contributed by atoms with E-state index in [1.54, 1.807) is 68.0 Å². The Balaban J connectivity index is 1.31. The van der Waals surface area contributed by atoms with Crippen LogP contribution in [0.3, 0.4) is 0 Å². The summed E-state index contributed by atoms with van der Waals surface area (Å²) < 4.78 is 33.8. The van der Waals surface area contributed by atoms with Crippen LogP contribution in [0.5, 0.6) is 0 Å². The van der Waals surface area contributed by atoms with E-state index in [0.29, 0.717) is 22.5 Å². The van der Waals surface area contributed by atoms with Crippen molar-refractivity contribution >= 4 is 38.6 Å². The monoisotopic (exact) mass is 717 g/mol. The molecule has 12 heteroatoms. The zero-order chi connectivity index (χ0) is 36.8. The minimum Gasteiger partial charge on any atom is -0.361 e. The topological polar surface area (TPSA) is 154 Å². The summed E-state index contributed by atoms with van der Waals surface area (Å²) >= 11 is 0. The van der Waals surface area contributed by atoms with Crippen molar-refractivity contribution in [3.05, 3.63) is 149 Å². The summed E-state index contributed by atoms with van der Waals surface area (Å²) in [6.07, 6.45) is 3.37. The number of hydrogen-bond donors (Lipinski definition) is 3. The summed E-state index contributed by atoms with van der Waals surface area (Å²) in [5, 5.41) is 7.41. The first kappa shape index (κ1) is 35.8. The maximum absolute atomic E-state index is 14.4. The van der Waals surface area contributed by atoms with Crippen molar-refractivity contribution in [2.45, 2.75) is 44.5 Å². The zero-order valence-electron chi connectivity index (χ0n) is 29.0. The maximum Gasteiger partial charge on any atom is 0.256 e. The van der Waals surface area contributed by atoms with Crippen LogP contribution in [0, 0.1) is 13.8 Å². The van der Waals surface area contributed by atoms with Crippen molar-refractivity contribution < 1.29 is 27.3 Å². The molecule has 0 spiro atoms. The number of hydrogen-bond acceptors (Lipinski definition) is 7. The van der Waals surface area contributed by atoms with Crippen molar-refractivity contribution in [1.82, 2.24) is 25.1 Å². The van der Waals surface area contributed by atoms with Gasteiger partial charge >= 0.3 is 0 Å². The van der Waals surface area contributed by atoms with E-state index in [-0.39, 0.29) is 18.7 Å². The Labute approximate surface area is 302 Å². The third kappa shape index (κ3) is 8.64. The minimum absolute atomic E-state index is 0.0181. The number of fused-ring (bicyclic) bond motifs is 1. The lowest BCUT2D eigenvalue weighted by Gasteiger charge is -2.29. The van der Waals surface area contributed by atoms with Gasteiger partial charge in [-0.3, -0.25) is 19.1 Å². The maximum atomic E-state index is 14.4. The van der Waals surface area contributed by atoms with E-state index in [4.69, 9.17) is 4.52 Å². The van der Waals surface area contributed by atoms with Crippen LogP contribution in [0.4, 0.5) is 0 Å². The van der Waals surface area contributed by atoms with Crippen LogP contribution in [0.2, 0.25) is 0 Å². The summed E-state index contributed by atoms with van der Waals surface area (Å²) in [5.41, 5.74) is 5.77. The summed E-state index contributed by atoms with van der Waals surface area (Å²) in [6, 6.07) is 28.2. The molecule has 0 bridgehead atoms. The summed E-state index contributed by atoms with van der Waals surface area (Å²) in [5.74, 6) is -1.75. The number of carbonyl (C=O) groups excluding carboxylic acids is 3. The van der Waals surface area contributed by atoms with Gasteiger partial charge < -0.3 is 19.7 Å². The Kier molecular flexibility index (Phi) is 10.7. The highest BCUT2D eigenvalue weighted by Gasteiger charge is 2.33. The van der Waals surface area contributed by atoms with E-state index in [1.807, 2.05) is 68.4 Å². The lowest BCUT2D eigenvalue weighted by molar-refractivity contribution is -0.130. The van der Waals surface area contributed by atoms with Gasteiger partial charge in [-0.25, -0.2) is 8.42 Å². The molecule has 0 unspecified atom stereocenters. The molecule has 0 aliphatic heterocycles. The number of likely N-dealkylation sites (N-methyl/N-ethyl adjacent to an activating group) is 1. The van der Waals surface area contributed by atoms with Gasteiger partial charge in [-0.2, -0.15) is 0 Å². The summed E-state index contributed by atoms with van der Waals surface area (Å²) in [6.45, 7) is 3.79. The largest absolute Gasteiger partial charge is 0.361 e. The normalized spacial score (nSPS) is 12.6. The second-order valence-electron chi connectivity index (χ2n) is 12.9. The summed E-state index contributed by atoms with van der Waals surface area (Å²) in [4.78, 5) is 46.8.